The van der Waals surface area contributed by atoms with Crippen molar-refractivity contribution in [2.24, 2.45) is 5.73 Å². The van der Waals surface area contributed by atoms with Crippen LogP contribution in [-0.2, 0) is 4.79 Å². The number of carbonyl (C=O) groups is 1. The van der Waals surface area contributed by atoms with Crippen LogP contribution in [0.25, 0.3) is 0 Å². The van der Waals surface area contributed by atoms with Gasteiger partial charge in [-0.15, -0.1) is 0 Å². The molecule has 0 aliphatic heterocycles. The molecule has 0 saturated carbocycles. The SMILES string of the molecule is CCCC/C=C/CCCCNCCSCC(N)=O. The van der Waals surface area contributed by atoms with E-state index >= 15 is 0 Å². The summed E-state index contributed by atoms with van der Waals surface area (Å²) in [5.41, 5.74) is 5.05. The Kier molecular flexibility index (Phi) is 14.2. The van der Waals surface area contributed by atoms with Gasteiger partial charge in [-0.05, 0) is 32.2 Å². The van der Waals surface area contributed by atoms with Gasteiger partial charge in [0.15, 0.2) is 0 Å². The zero-order chi connectivity index (χ0) is 13.5. The molecule has 0 atom stereocenters. The summed E-state index contributed by atoms with van der Waals surface area (Å²) in [6.45, 7) is 4.26. The highest BCUT2D eigenvalue weighted by atomic mass is 32.2. The zero-order valence-corrected chi connectivity index (χ0v) is 12.4. The summed E-state index contributed by atoms with van der Waals surface area (Å²) in [4.78, 5) is 10.5. The van der Waals surface area contributed by atoms with E-state index in [0.29, 0.717) is 5.75 Å². The third-order valence-electron chi connectivity index (χ3n) is 2.53. The molecule has 0 aliphatic carbocycles. The maximum absolute atomic E-state index is 10.5. The lowest BCUT2D eigenvalue weighted by Gasteiger charge is -2.03. The molecule has 3 nitrogen and oxygen atoms in total. The van der Waals surface area contributed by atoms with Crippen molar-refractivity contribution in [2.45, 2.75) is 45.4 Å². The Morgan fingerprint density at radius 2 is 1.89 bits per heavy atom. The van der Waals surface area contributed by atoms with E-state index in [9.17, 15) is 4.79 Å². The number of nitrogens with two attached hydrogens (primary N) is 1. The largest absolute Gasteiger partial charge is 0.369 e. The first kappa shape index (κ1) is 17.5. The van der Waals surface area contributed by atoms with Crippen LogP contribution < -0.4 is 11.1 Å². The molecule has 0 aromatic heterocycles. The summed E-state index contributed by atoms with van der Waals surface area (Å²) in [5.74, 6) is 1.17. The second-order valence-electron chi connectivity index (χ2n) is 4.38. The van der Waals surface area contributed by atoms with E-state index in [1.165, 1.54) is 38.5 Å². The summed E-state index contributed by atoms with van der Waals surface area (Å²) in [6.07, 6.45) is 12.1. The molecule has 0 spiro atoms. The van der Waals surface area contributed by atoms with Gasteiger partial charge >= 0.3 is 0 Å². The van der Waals surface area contributed by atoms with Crippen LogP contribution in [0.3, 0.4) is 0 Å². The number of carbonyl (C=O) groups excluding carboxylic acids is 1. The second kappa shape index (κ2) is 14.6. The molecule has 18 heavy (non-hydrogen) atoms. The zero-order valence-electron chi connectivity index (χ0n) is 11.6. The highest BCUT2D eigenvalue weighted by molar-refractivity contribution is 7.99. The van der Waals surface area contributed by atoms with Crippen LogP contribution in [0, 0.1) is 0 Å². The quantitative estimate of drug-likeness (QED) is 0.400. The fourth-order valence-electron chi connectivity index (χ4n) is 1.51. The highest BCUT2D eigenvalue weighted by Crippen LogP contribution is 2.00. The van der Waals surface area contributed by atoms with Crippen LogP contribution in [0.1, 0.15) is 45.4 Å². The van der Waals surface area contributed by atoms with Crippen molar-refractivity contribution in [3.8, 4) is 0 Å². The smallest absolute Gasteiger partial charge is 0.227 e. The maximum Gasteiger partial charge on any atom is 0.227 e. The van der Waals surface area contributed by atoms with Crippen LogP contribution in [-0.4, -0.2) is 30.5 Å². The molecule has 0 saturated heterocycles. The van der Waals surface area contributed by atoms with Crippen LogP contribution >= 0.6 is 11.8 Å². The molecule has 0 aliphatic rings. The third-order valence-corrected chi connectivity index (χ3v) is 3.51. The lowest BCUT2D eigenvalue weighted by atomic mass is 10.2. The molecular formula is C14H28N2OS. The Hall–Kier alpha value is -0.480. The number of rotatable bonds is 13. The number of thioether (sulfide) groups is 1. The van der Waals surface area contributed by atoms with Gasteiger partial charge in [0.25, 0.3) is 0 Å². The number of unbranched alkanes of at least 4 members (excludes halogenated alkanes) is 4. The van der Waals surface area contributed by atoms with E-state index in [4.69, 9.17) is 5.73 Å². The van der Waals surface area contributed by atoms with E-state index in [-0.39, 0.29) is 5.91 Å². The van der Waals surface area contributed by atoms with Crippen molar-refractivity contribution < 1.29 is 4.79 Å². The number of allylic oxidation sites excluding steroid dienone is 2. The average molecular weight is 272 g/mol. The average Bonchev–Trinajstić information content (AvgIpc) is 2.34. The predicted octanol–water partition coefficient (Wildman–Crippen LogP) is 2.71. The van der Waals surface area contributed by atoms with Gasteiger partial charge in [0, 0.05) is 12.3 Å². The van der Waals surface area contributed by atoms with Crippen LogP contribution in [0.2, 0.25) is 0 Å². The summed E-state index contributed by atoms with van der Waals surface area (Å²) in [6, 6.07) is 0. The molecule has 1 amide bonds. The first-order valence-electron chi connectivity index (χ1n) is 6.99. The van der Waals surface area contributed by atoms with E-state index < -0.39 is 0 Å². The summed E-state index contributed by atoms with van der Waals surface area (Å²) < 4.78 is 0. The van der Waals surface area contributed by atoms with E-state index in [1.807, 2.05) is 0 Å². The lowest BCUT2D eigenvalue weighted by molar-refractivity contribution is -0.115. The summed E-state index contributed by atoms with van der Waals surface area (Å²) in [5, 5.41) is 3.37. The molecule has 0 rings (SSSR count). The molecule has 0 heterocycles. The minimum Gasteiger partial charge on any atom is -0.369 e. The molecule has 4 heteroatoms. The van der Waals surface area contributed by atoms with Gasteiger partial charge in [0.2, 0.25) is 5.91 Å². The first-order valence-corrected chi connectivity index (χ1v) is 8.14. The van der Waals surface area contributed by atoms with Crippen LogP contribution in [0.15, 0.2) is 12.2 Å². The molecule has 3 N–H and O–H groups in total. The number of hydrogen-bond donors (Lipinski definition) is 2. The van der Waals surface area contributed by atoms with Crippen molar-refractivity contribution in [3.63, 3.8) is 0 Å². The fourth-order valence-corrected chi connectivity index (χ4v) is 2.15. The Labute approximate surface area is 116 Å². The first-order chi connectivity index (χ1) is 8.77. The van der Waals surface area contributed by atoms with Crippen LogP contribution in [0.5, 0.6) is 0 Å². The van der Waals surface area contributed by atoms with E-state index in [1.54, 1.807) is 11.8 Å². The van der Waals surface area contributed by atoms with Gasteiger partial charge in [-0.2, -0.15) is 11.8 Å². The molecule has 0 unspecified atom stereocenters. The standard InChI is InChI=1S/C14H28N2OS/c1-2-3-4-5-6-7-8-9-10-16-11-12-18-13-14(15)17/h5-6,16H,2-4,7-13H2,1H3,(H2,15,17)/b6-5+. The van der Waals surface area contributed by atoms with Gasteiger partial charge in [-0.3, -0.25) is 4.79 Å². The van der Waals surface area contributed by atoms with E-state index in [0.717, 1.165) is 18.8 Å². The molecule has 106 valence electrons. The fraction of sp³-hybridized carbons (Fsp3) is 0.786. The second-order valence-corrected chi connectivity index (χ2v) is 5.48. The van der Waals surface area contributed by atoms with Crippen molar-refractivity contribution >= 4 is 17.7 Å². The highest BCUT2D eigenvalue weighted by Gasteiger charge is 1.94. The topological polar surface area (TPSA) is 55.1 Å². The third kappa shape index (κ3) is 15.5. The van der Waals surface area contributed by atoms with E-state index in [2.05, 4.69) is 24.4 Å². The van der Waals surface area contributed by atoms with Gasteiger partial charge in [-0.25, -0.2) is 0 Å². The summed E-state index contributed by atoms with van der Waals surface area (Å²) in [7, 11) is 0. The Bertz CT molecular complexity index is 220. The number of nitrogens with one attached hydrogen (secondary N) is 1. The number of hydrogen-bond acceptors (Lipinski definition) is 3. The Balaban J connectivity index is 3.03. The lowest BCUT2D eigenvalue weighted by Crippen LogP contribution is -2.20. The number of primary amides is 1. The van der Waals surface area contributed by atoms with Crippen molar-refractivity contribution in [1.29, 1.82) is 0 Å². The minimum atomic E-state index is -0.227. The summed E-state index contributed by atoms with van der Waals surface area (Å²) >= 11 is 1.59. The van der Waals surface area contributed by atoms with Gasteiger partial charge in [0.1, 0.15) is 0 Å². The monoisotopic (exact) mass is 272 g/mol. The van der Waals surface area contributed by atoms with Gasteiger partial charge < -0.3 is 11.1 Å². The maximum atomic E-state index is 10.5. The van der Waals surface area contributed by atoms with Crippen LogP contribution in [0.4, 0.5) is 0 Å². The van der Waals surface area contributed by atoms with Crippen molar-refractivity contribution in [3.05, 3.63) is 12.2 Å². The normalized spacial score (nSPS) is 11.2. The molecule has 0 aromatic rings. The molecule has 0 bridgehead atoms. The Morgan fingerprint density at radius 3 is 2.56 bits per heavy atom. The molecule has 0 fully saturated rings. The number of amides is 1. The minimum absolute atomic E-state index is 0.227. The Morgan fingerprint density at radius 1 is 1.17 bits per heavy atom. The van der Waals surface area contributed by atoms with Crippen molar-refractivity contribution in [1.82, 2.24) is 5.32 Å². The van der Waals surface area contributed by atoms with Gasteiger partial charge in [0.05, 0.1) is 5.75 Å². The predicted molar refractivity (Wildman–Crippen MR) is 81.9 cm³/mol. The molecular weight excluding hydrogens is 244 g/mol. The molecule has 0 radical (unpaired) electrons. The van der Waals surface area contributed by atoms with Gasteiger partial charge in [-0.1, -0.05) is 31.9 Å². The van der Waals surface area contributed by atoms with Crippen molar-refractivity contribution in [2.75, 3.05) is 24.6 Å². The molecule has 0 aromatic carbocycles.